The van der Waals surface area contributed by atoms with Crippen LogP contribution in [-0.4, -0.2) is 91.6 Å². The SMILES string of the molecule is CC(C(=O)Nc1cccc(F)c1)N1CCN(CC(=O)N2CCOCC2)CC1. The highest BCUT2D eigenvalue weighted by molar-refractivity contribution is 5.94. The number of nitrogens with zero attached hydrogens (tertiary/aromatic N) is 3. The van der Waals surface area contributed by atoms with E-state index >= 15 is 0 Å². The van der Waals surface area contributed by atoms with Crippen LogP contribution < -0.4 is 5.32 Å². The first kappa shape index (κ1) is 19.7. The van der Waals surface area contributed by atoms with Crippen LogP contribution in [0.25, 0.3) is 0 Å². The number of nitrogens with one attached hydrogen (secondary N) is 1. The van der Waals surface area contributed by atoms with Crippen LogP contribution in [0.3, 0.4) is 0 Å². The quantitative estimate of drug-likeness (QED) is 0.814. The van der Waals surface area contributed by atoms with Crippen molar-refractivity contribution in [3.63, 3.8) is 0 Å². The summed E-state index contributed by atoms with van der Waals surface area (Å²) in [6.45, 7) is 7.73. The van der Waals surface area contributed by atoms with Crippen LogP contribution in [0, 0.1) is 5.82 Å². The lowest BCUT2D eigenvalue weighted by atomic mass is 10.2. The van der Waals surface area contributed by atoms with Crippen LogP contribution >= 0.6 is 0 Å². The number of carbonyl (C=O) groups excluding carboxylic acids is 2. The summed E-state index contributed by atoms with van der Waals surface area (Å²) in [4.78, 5) is 30.8. The second kappa shape index (κ2) is 9.25. The minimum absolute atomic E-state index is 0.142. The molecule has 2 aliphatic heterocycles. The average molecular weight is 378 g/mol. The van der Waals surface area contributed by atoms with E-state index in [1.807, 2.05) is 11.8 Å². The van der Waals surface area contributed by atoms with Crippen molar-refractivity contribution in [2.45, 2.75) is 13.0 Å². The molecular weight excluding hydrogens is 351 g/mol. The van der Waals surface area contributed by atoms with E-state index in [4.69, 9.17) is 4.74 Å². The fraction of sp³-hybridized carbons (Fsp3) is 0.579. The van der Waals surface area contributed by atoms with Crippen LogP contribution in [0.4, 0.5) is 10.1 Å². The lowest BCUT2D eigenvalue weighted by molar-refractivity contribution is -0.137. The van der Waals surface area contributed by atoms with Gasteiger partial charge >= 0.3 is 0 Å². The molecule has 0 aliphatic carbocycles. The number of hydrogen-bond donors (Lipinski definition) is 1. The van der Waals surface area contributed by atoms with Gasteiger partial charge in [0.15, 0.2) is 0 Å². The van der Waals surface area contributed by atoms with Crippen LogP contribution in [0.1, 0.15) is 6.92 Å². The van der Waals surface area contributed by atoms with Crippen molar-refractivity contribution < 1.29 is 18.7 Å². The van der Waals surface area contributed by atoms with E-state index in [-0.39, 0.29) is 23.7 Å². The molecule has 2 heterocycles. The van der Waals surface area contributed by atoms with Crippen LogP contribution in [0.5, 0.6) is 0 Å². The zero-order chi connectivity index (χ0) is 19.2. The molecule has 2 aliphatic rings. The molecule has 7 nitrogen and oxygen atoms in total. The van der Waals surface area contributed by atoms with Crippen molar-refractivity contribution in [3.8, 4) is 0 Å². The van der Waals surface area contributed by atoms with Gasteiger partial charge < -0.3 is 15.0 Å². The summed E-state index contributed by atoms with van der Waals surface area (Å²) in [5, 5.41) is 2.76. The molecule has 1 unspecified atom stereocenters. The van der Waals surface area contributed by atoms with Gasteiger partial charge in [0.1, 0.15) is 5.82 Å². The maximum absolute atomic E-state index is 13.2. The Morgan fingerprint density at radius 1 is 1.15 bits per heavy atom. The Bertz CT molecular complexity index is 658. The van der Waals surface area contributed by atoms with Gasteiger partial charge in [-0.25, -0.2) is 4.39 Å². The first-order valence-corrected chi connectivity index (χ1v) is 9.41. The maximum Gasteiger partial charge on any atom is 0.241 e. The number of morpholine rings is 1. The molecule has 1 aromatic rings. The molecule has 1 N–H and O–H groups in total. The minimum Gasteiger partial charge on any atom is -0.378 e. The molecule has 0 bridgehead atoms. The van der Waals surface area contributed by atoms with E-state index in [1.165, 1.54) is 12.1 Å². The molecule has 148 valence electrons. The largest absolute Gasteiger partial charge is 0.378 e. The van der Waals surface area contributed by atoms with E-state index < -0.39 is 0 Å². The summed E-state index contributed by atoms with van der Waals surface area (Å²) in [7, 11) is 0. The van der Waals surface area contributed by atoms with Gasteiger partial charge in [0.25, 0.3) is 0 Å². The van der Waals surface area contributed by atoms with Gasteiger partial charge in [0.05, 0.1) is 25.8 Å². The zero-order valence-corrected chi connectivity index (χ0v) is 15.7. The Kier molecular flexibility index (Phi) is 6.76. The highest BCUT2D eigenvalue weighted by Gasteiger charge is 2.27. The van der Waals surface area contributed by atoms with Crippen LogP contribution in [0.2, 0.25) is 0 Å². The summed E-state index contributed by atoms with van der Waals surface area (Å²) in [5.41, 5.74) is 0.460. The monoisotopic (exact) mass is 378 g/mol. The smallest absolute Gasteiger partial charge is 0.241 e. The number of benzene rings is 1. The second-order valence-corrected chi connectivity index (χ2v) is 6.98. The van der Waals surface area contributed by atoms with Crippen molar-refractivity contribution >= 4 is 17.5 Å². The molecule has 3 rings (SSSR count). The predicted molar refractivity (Wildman–Crippen MR) is 99.9 cm³/mol. The Morgan fingerprint density at radius 2 is 1.85 bits per heavy atom. The molecule has 2 saturated heterocycles. The molecule has 8 heteroatoms. The van der Waals surface area contributed by atoms with Gasteiger partial charge in [-0.2, -0.15) is 0 Å². The van der Waals surface area contributed by atoms with Gasteiger partial charge in [-0.3, -0.25) is 19.4 Å². The summed E-state index contributed by atoms with van der Waals surface area (Å²) in [6.07, 6.45) is 0. The molecule has 0 radical (unpaired) electrons. The molecule has 2 amide bonds. The number of halogens is 1. The lowest BCUT2D eigenvalue weighted by Crippen LogP contribution is -2.55. The van der Waals surface area contributed by atoms with Crippen molar-refractivity contribution in [1.82, 2.24) is 14.7 Å². The summed E-state index contributed by atoms with van der Waals surface area (Å²) >= 11 is 0. The van der Waals surface area contributed by atoms with Gasteiger partial charge in [-0.15, -0.1) is 0 Å². The van der Waals surface area contributed by atoms with Gasteiger partial charge in [0, 0.05) is 45.0 Å². The van der Waals surface area contributed by atoms with E-state index in [0.717, 1.165) is 13.1 Å². The molecule has 2 fully saturated rings. The number of piperazine rings is 1. The number of rotatable bonds is 5. The minimum atomic E-state index is -0.376. The molecule has 0 saturated carbocycles. The average Bonchev–Trinajstić information content (AvgIpc) is 2.68. The van der Waals surface area contributed by atoms with Crippen molar-refractivity contribution in [2.75, 3.05) is 64.3 Å². The third-order valence-electron chi connectivity index (χ3n) is 5.15. The standard InChI is InChI=1S/C19H27FN4O3/c1-15(19(26)21-17-4-2-3-16(20)13-17)23-7-5-22(6-8-23)14-18(25)24-9-11-27-12-10-24/h2-4,13,15H,5-12,14H2,1H3,(H,21,26). The van der Waals surface area contributed by atoms with E-state index in [9.17, 15) is 14.0 Å². The van der Waals surface area contributed by atoms with Crippen molar-refractivity contribution in [2.24, 2.45) is 0 Å². The van der Waals surface area contributed by atoms with Gasteiger partial charge in [-0.05, 0) is 25.1 Å². The first-order chi connectivity index (χ1) is 13.0. The summed E-state index contributed by atoms with van der Waals surface area (Å²) in [5.74, 6) is -0.388. The molecule has 1 aromatic carbocycles. The maximum atomic E-state index is 13.2. The van der Waals surface area contributed by atoms with E-state index in [1.54, 1.807) is 12.1 Å². The number of anilines is 1. The third-order valence-corrected chi connectivity index (χ3v) is 5.15. The normalized spacial score (nSPS) is 20.3. The Morgan fingerprint density at radius 3 is 2.52 bits per heavy atom. The fourth-order valence-corrected chi connectivity index (χ4v) is 3.39. The molecule has 0 aromatic heterocycles. The van der Waals surface area contributed by atoms with E-state index in [2.05, 4.69) is 15.1 Å². The van der Waals surface area contributed by atoms with E-state index in [0.29, 0.717) is 51.6 Å². The highest BCUT2D eigenvalue weighted by atomic mass is 19.1. The number of hydrogen-bond acceptors (Lipinski definition) is 5. The van der Waals surface area contributed by atoms with Gasteiger partial charge in [0.2, 0.25) is 11.8 Å². The second-order valence-electron chi connectivity index (χ2n) is 6.98. The van der Waals surface area contributed by atoms with Crippen LogP contribution in [0.15, 0.2) is 24.3 Å². The van der Waals surface area contributed by atoms with Gasteiger partial charge in [-0.1, -0.05) is 6.07 Å². The fourth-order valence-electron chi connectivity index (χ4n) is 3.39. The Hall–Kier alpha value is -2.03. The predicted octanol–water partition coefficient (Wildman–Crippen LogP) is 0.629. The summed E-state index contributed by atoms with van der Waals surface area (Å²) < 4.78 is 18.5. The first-order valence-electron chi connectivity index (χ1n) is 9.41. The highest BCUT2D eigenvalue weighted by Crippen LogP contribution is 2.12. The Balaban J connectivity index is 1.43. The number of ether oxygens (including phenoxy) is 1. The molecular formula is C19H27FN4O3. The number of carbonyl (C=O) groups is 2. The third kappa shape index (κ3) is 5.47. The zero-order valence-electron chi connectivity index (χ0n) is 15.7. The van der Waals surface area contributed by atoms with Crippen LogP contribution in [-0.2, 0) is 14.3 Å². The molecule has 1 atom stereocenters. The van der Waals surface area contributed by atoms with Crippen molar-refractivity contribution in [3.05, 3.63) is 30.1 Å². The summed E-state index contributed by atoms with van der Waals surface area (Å²) in [6, 6.07) is 5.57. The van der Waals surface area contributed by atoms with Crippen molar-refractivity contribution in [1.29, 1.82) is 0 Å². The molecule has 27 heavy (non-hydrogen) atoms. The molecule has 0 spiro atoms. The Labute approximate surface area is 159 Å². The topological polar surface area (TPSA) is 65.1 Å². The lowest BCUT2D eigenvalue weighted by Gasteiger charge is -2.38. The number of amides is 2.